The molecule has 168 valence electrons. The van der Waals surface area contributed by atoms with Crippen molar-refractivity contribution in [2.75, 3.05) is 0 Å². The van der Waals surface area contributed by atoms with E-state index in [-0.39, 0.29) is 11.9 Å². The molecule has 2 atom stereocenters. The van der Waals surface area contributed by atoms with Crippen LogP contribution in [0.1, 0.15) is 41.7 Å². The molecular formula is C27H29N5O. The number of benzene rings is 1. The van der Waals surface area contributed by atoms with Crippen LogP contribution in [0.2, 0.25) is 0 Å². The Bertz CT molecular complexity index is 1370. The second kappa shape index (κ2) is 9.30. The molecule has 6 heteroatoms. The maximum absolute atomic E-state index is 13.6. The summed E-state index contributed by atoms with van der Waals surface area (Å²) in [7, 11) is 0. The van der Waals surface area contributed by atoms with Crippen molar-refractivity contribution < 1.29 is 4.79 Å². The number of nitrogens with two attached hydrogens (primary N) is 1. The smallest absolute Gasteiger partial charge is 0.259 e. The molecule has 0 saturated heterocycles. The SMILES string of the molecule is C=CNC(=C)C(CCC)N1C=CC(C(N)c2c[nH]c3cnccc23)=c2cccc(c2=C)C1=O. The van der Waals surface area contributed by atoms with E-state index < -0.39 is 6.04 Å². The van der Waals surface area contributed by atoms with Crippen LogP contribution >= 0.6 is 0 Å². The van der Waals surface area contributed by atoms with Gasteiger partial charge in [0.1, 0.15) is 0 Å². The summed E-state index contributed by atoms with van der Waals surface area (Å²) < 4.78 is 0. The second-order valence-electron chi connectivity index (χ2n) is 8.14. The summed E-state index contributed by atoms with van der Waals surface area (Å²) in [4.78, 5) is 22.7. The molecule has 1 aliphatic rings. The molecule has 2 aromatic heterocycles. The van der Waals surface area contributed by atoms with E-state index in [0.717, 1.165) is 40.1 Å². The van der Waals surface area contributed by atoms with Crippen molar-refractivity contribution in [1.29, 1.82) is 0 Å². The van der Waals surface area contributed by atoms with Gasteiger partial charge in [0.2, 0.25) is 0 Å². The third-order valence-electron chi connectivity index (χ3n) is 6.14. The number of hydrogen-bond acceptors (Lipinski definition) is 4. The lowest BCUT2D eigenvalue weighted by Gasteiger charge is -2.31. The van der Waals surface area contributed by atoms with Crippen molar-refractivity contribution in [3.63, 3.8) is 0 Å². The highest BCUT2D eigenvalue weighted by molar-refractivity contribution is 5.96. The number of amides is 1. The van der Waals surface area contributed by atoms with Gasteiger partial charge >= 0.3 is 0 Å². The number of aromatic nitrogens is 2. The van der Waals surface area contributed by atoms with Gasteiger partial charge in [-0.2, -0.15) is 0 Å². The first kappa shape index (κ1) is 22.3. The summed E-state index contributed by atoms with van der Waals surface area (Å²) in [6.07, 6.45) is 12.4. The summed E-state index contributed by atoms with van der Waals surface area (Å²) in [5.74, 6) is -0.116. The molecule has 33 heavy (non-hydrogen) atoms. The largest absolute Gasteiger partial charge is 0.364 e. The van der Waals surface area contributed by atoms with Gasteiger partial charge in [0, 0.05) is 35.2 Å². The number of rotatable bonds is 8. The summed E-state index contributed by atoms with van der Waals surface area (Å²) in [6, 6.07) is 6.94. The first-order valence-corrected chi connectivity index (χ1v) is 11.0. The topological polar surface area (TPSA) is 87.0 Å². The molecule has 1 amide bonds. The normalized spacial score (nSPS) is 15.2. The fourth-order valence-corrected chi connectivity index (χ4v) is 4.43. The monoisotopic (exact) mass is 439 g/mol. The number of aromatic amines is 1. The fourth-order valence-electron chi connectivity index (χ4n) is 4.43. The van der Waals surface area contributed by atoms with Gasteiger partial charge in [-0.3, -0.25) is 9.78 Å². The number of nitrogens with zero attached hydrogens (tertiary/aromatic N) is 2. The zero-order valence-electron chi connectivity index (χ0n) is 18.8. The summed E-state index contributed by atoms with van der Waals surface area (Å²) in [5, 5.41) is 5.61. The Kier molecular flexibility index (Phi) is 6.29. The number of pyridine rings is 1. The number of H-pyrrole nitrogens is 1. The number of nitrogens with one attached hydrogen (secondary N) is 2. The molecule has 6 nitrogen and oxygen atoms in total. The number of fused-ring (bicyclic) bond motifs is 3. The predicted molar refractivity (Wildman–Crippen MR) is 134 cm³/mol. The van der Waals surface area contributed by atoms with Gasteiger partial charge in [0.25, 0.3) is 5.91 Å². The van der Waals surface area contributed by atoms with E-state index in [9.17, 15) is 4.79 Å². The zero-order valence-corrected chi connectivity index (χ0v) is 18.8. The van der Waals surface area contributed by atoms with E-state index >= 15 is 0 Å². The summed E-state index contributed by atoms with van der Waals surface area (Å²) >= 11 is 0. The van der Waals surface area contributed by atoms with Crippen molar-refractivity contribution in [2.45, 2.75) is 31.8 Å². The lowest BCUT2D eigenvalue weighted by atomic mass is 9.94. The summed E-state index contributed by atoms with van der Waals surface area (Å²) in [5.41, 5.74) is 10.9. The van der Waals surface area contributed by atoms with E-state index in [1.807, 2.05) is 42.7 Å². The third kappa shape index (κ3) is 4.01. The van der Waals surface area contributed by atoms with Crippen molar-refractivity contribution in [3.8, 4) is 0 Å². The molecule has 1 aromatic carbocycles. The van der Waals surface area contributed by atoms with Crippen LogP contribution in [-0.2, 0) is 0 Å². The lowest BCUT2D eigenvalue weighted by Crippen LogP contribution is -2.45. The van der Waals surface area contributed by atoms with Crippen LogP contribution in [0.5, 0.6) is 0 Å². The predicted octanol–water partition coefficient (Wildman–Crippen LogP) is 3.21. The Morgan fingerprint density at radius 2 is 2.18 bits per heavy atom. The molecule has 0 fully saturated rings. The molecule has 4 N–H and O–H groups in total. The first-order valence-electron chi connectivity index (χ1n) is 11.0. The molecule has 0 radical (unpaired) electrons. The van der Waals surface area contributed by atoms with E-state index in [0.29, 0.717) is 16.5 Å². The fraction of sp³-hybridized carbons (Fsp3) is 0.185. The minimum absolute atomic E-state index is 0.116. The Morgan fingerprint density at radius 1 is 1.36 bits per heavy atom. The standard InChI is InChI=1S/C27H29N5O/c1-5-8-25(18(4)30-6-2)32-14-12-22(19-9-7-10-20(17(19)3)27(32)33)26(28)23-15-31-24-16-29-13-11-21(23)24/h6-7,9-16,25-26,30-31H,2-5,8,28H2,1H3. The van der Waals surface area contributed by atoms with Crippen molar-refractivity contribution >= 4 is 29.0 Å². The highest BCUT2D eigenvalue weighted by Crippen LogP contribution is 2.28. The molecular weight excluding hydrogens is 410 g/mol. The second-order valence-corrected chi connectivity index (χ2v) is 8.14. The average Bonchev–Trinajstić information content (AvgIpc) is 3.25. The molecule has 3 aromatic rings. The number of hydrogen-bond donors (Lipinski definition) is 3. The van der Waals surface area contributed by atoms with E-state index in [2.05, 4.69) is 41.9 Å². The van der Waals surface area contributed by atoms with E-state index in [1.54, 1.807) is 23.5 Å². The molecule has 0 aliphatic carbocycles. The first-order chi connectivity index (χ1) is 16.0. The van der Waals surface area contributed by atoms with Gasteiger partial charge in [0.05, 0.1) is 23.8 Å². The molecule has 0 saturated carbocycles. The number of carbonyl (C=O) groups is 1. The quantitative estimate of drug-likeness (QED) is 0.503. The van der Waals surface area contributed by atoms with Crippen LogP contribution in [-0.4, -0.2) is 26.8 Å². The van der Waals surface area contributed by atoms with Crippen LogP contribution in [0.3, 0.4) is 0 Å². The zero-order chi connectivity index (χ0) is 23.5. The van der Waals surface area contributed by atoms with Gasteiger partial charge in [0.15, 0.2) is 0 Å². The lowest BCUT2D eigenvalue weighted by molar-refractivity contribution is 0.0777. The van der Waals surface area contributed by atoms with Gasteiger partial charge in [-0.15, -0.1) is 0 Å². The van der Waals surface area contributed by atoms with Gasteiger partial charge in [-0.25, -0.2) is 0 Å². The molecule has 1 aliphatic heterocycles. The van der Waals surface area contributed by atoms with Crippen molar-refractivity contribution in [1.82, 2.24) is 20.2 Å². The highest BCUT2D eigenvalue weighted by Gasteiger charge is 2.27. The molecule has 4 rings (SSSR count). The van der Waals surface area contributed by atoms with Crippen molar-refractivity contribution in [2.24, 2.45) is 5.73 Å². The Morgan fingerprint density at radius 3 is 2.94 bits per heavy atom. The molecule has 2 unspecified atom stereocenters. The van der Waals surface area contributed by atoms with Crippen LogP contribution < -0.4 is 21.5 Å². The Balaban J connectivity index is 1.89. The summed E-state index contributed by atoms with van der Waals surface area (Å²) in [6.45, 7) is 14.2. The molecule has 0 spiro atoms. The van der Waals surface area contributed by atoms with Gasteiger partial charge in [-0.1, -0.05) is 45.2 Å². The van der Waals surface area contributed by atoms with E-state index in [4.69, 9.17) is 5.73 Å². The Hall–Kier alpha value is -3.90. The van der Waals surface area contributed by atoms with Crippen LogP contribution in [0, 0.1) is 0 Å². The highest BCUT2D eigenvalue weighted by atomic mass is 16.2. The van der Waals surface area contributed by atoms with Gasteiger partial charge < -0.3 is 20.9 Å². The molecule has 3 heterocycles. The molecule has 2 bridgehead atoms. The third-order valence-corrected chi connectivity index (χ3v) is 6.14. The van der Waals surface area contributed by atoms with Crippen molar-refractivity contribution in [3.05, 3.63) is 102 Å². The van der Waals surface area contributed by atoms with Crippen LogP contribution in [0.15, 0.2) is 80.2 Å². The Labute approximate surface area is 193 Å². The minimum Gasteiger partial charge on any atom is -0.364 e. The minimum atomic E-state index is -0.428. The van der Waals surface area contributed by atoms with Crippen LogP contribution in [0.25, 0.3) is 23.1 Å². The number of carbonyl (C=O) groups excluding carboxylic acids is 1. The average molecular weight is 440 g/mol. The maximum atomic E-state index is 13.6. The van der Waals surface area contributed by atoms with E-state index in [1.165, 1.54) is 0 Å². The van der Waals surface area contributed by atoms with Crippen LogP contribution in [0.4, 0.5) is 0 Å². The van der Waals surface area contributed by atoms with Gasteiger partial charge in [-0.05, 0) is 52.4 Å². The maximum Gasteiger partial charge on any atom is 0.259 e.